The zero-order chi connectivity index (χ0) is 10.2. The predicted octanol–water partition coefficient (Wildman–Crippen LogP) is 2.03. The minimum absolute atomic E-state index is 0.285. The van der Waals surface area contributed by atoms with Crippen molar-refractivity contribution in [3.05, 3.63) is 29.8 Å². The molecule has 72 valence electrons. The smallest absolute Gasteiger partial charge is 0.131 e. The molecule has 0 heterocycles. The molecular formula is C12H12O2. The van der Waals surface area contributed by atoms with Crippen LogP contribution in [-0.4, -0.2) is 12.9 Å². The summed E-state index contributed by atoms with van der Waals surface area (Å²) in [5.41, 5.74) is 0.898. The van der Waals surface area contributed by atoms with Gasteiger partial charge in [-0.05, 0) is 31.2 Å². The highest BCUT2D eigenvalue weighted by atomic mass is 16.5. The number of hydrogen-bond donors (Lipinski definition) is 0. The maximum atomic E-state index is 10.0. The van der Waals surface area contributed by atoms with Crippen molar-refractivity contribution < 1.29 is 9.53 Å². The number of rotatable bonds is 3. The summed E-state index contributed by atoms with van der Waals surface area (Å²) in [6, 6.07) is 7.49. The summed E-state index contributed by atoms with van der Waals surface area (Å²) in [4.78, 5) is 10.0. The SMILES string of the molecule is CCOc1ccc(C#CCC=O)cc1. The molecule has 0 bridgehead atoms. The van der Waals surface area contributed by atoms with Gasteiger partial charge >= 0.3 is 0 Å². The van der Waals surface area contributed by atoms with E-state index in [1.54, 1.807) is 0 Å². The highest BCUT2D eigenvalue weighted by Gasteiger charge is 1.90. The molecule has 0 saturated carbocycles. The average molecular weight is 188 g/mol. The van der Waals surface area contributed by atoms with Crippen LogP contribution in [0.4, 0.5) is 0 Å². The molecule has 0 aliphatic carbocycles. The second-order valence-corrected chi connectivity index (χ2v) is 2.63. The molecule has 0 fully saturated rings. The Morgan fingerprint density at radius 3 is 2.64 bits per heavy atom. The fourth-order valence-electron chi connectivity index (χ4n) is 0.996. The predicted molar refractivity (Wildman–Crippen MR) is 55.2 cm³/mol. The summed E-state index contributed by atoms with van der Waals surface area (Å²) >= 11 is 0. The first-order chi connectivity index (χ1) is 6.86. The van der Waals surface area contributed by atoms with Crippen molar-refractivity contribution in [2.45, 2.75) is 13.3 Å². The van der Waals surface area contributed by atoms with E-state index in [1.807, 2.05) is 31.2 Å². The van der Waals surface area contributed by atoms with Crippen molar-refractivity contribution in [3.63, 3.8) is 0 Å². The number of carbonyl (C=O) groups is 1. The Labute approximate surface area is 83.9 Å². The Balaban J connectivity index is 2.64. The largest absolute Gasteiger partial charge is 0.494 e. The lowest BCUT2D eigenvalue weighted by molar-refractivity contribution is -0.107. The van der Waals surface area contributed by atoms with E-state index in [0.29, 0.717) is 6.61 Å². The van der Waals surface area contributed by atoms with Crippen LogP contribution in [0.25, 0.3) is 0 Å². The quantitative estimate of drug-likeness (QED) is 0.536. The number of aldehydes is 1. The van der Waals surface area contributed by atoms with Crippen LogP contribution < -0.4 is 4.74 Å². The fraction of sp³-hybridized carbons (Fsp3) is 0.250. The fourth-order valence-corrected chi connectivity index (χ4v) is 0.996. The number of ether oxygens (including phenoxy) is 1. The summed E-state index contributed by atoms with van der Waals surface area (Å²) in [5, 5.41) is 0. The molecule has 0 aromatic heterocycles. The van der Waals surface area contributed by atoms with E-state index in [9.17, 15) is 4.79 Å². The summed E-state index contributed by atoms with van der Waals surface area (Å²) in [6.07, 6.45) is 1.08. The Morgan fingerprint density at radius 1 is 1.36 bits per heavy atom. The highest BCUT2D eigenvalue weighted by Crippen LogP contribution is 2.10. The van der Waals surface area contributed by atoms with Gasteiger partial charge in [0.15, 0.2) is 0 Å². The van der Waals surface area contributed by atoms with Crippen molar-refractivity contribution in [3.8, 4) is 17.6 Å². The van der Waals surface area contributed by atoms with Crippen molar-refractivity contribution in [2.75, 3.05) is 6.61 Å². The maximum Gasteiger partial charge on any atom is 0.131 e. The molecule has 0 amide bonds. The standard InChI is InChI=1S/C12H12O2/c1-2-14-12-8-6-11(7-9-12)5-3-4-10-13/h6-10H,2,4H2,1H3. The second kappa shape index (κ2) is 5.82. The molecule has 0 radical (unpaired) electrons. The molecule has 1 aromatic carbocycles. The topological polar surface area (TPSA) is 26.3 Å². The normalized spacial score (nSPS) is 8.64. The number of hydrogen-bond acceptors (Lipinski definition) is 2. The summed E-state index contributed by atoms with van der Waals surface area (Å²) in [5.74, 6) is 6.46. The van der Waals surface area contributed by atoms with Crippen molar-refractivity contribution in [1.82, 2.24) is 0 Å². The molecule has 0 aliphatic rings. The zero-order valence-electron chi connectivity index (χ0n) is 8.12. The van der Waals surface area contributed by atoms with Crippen LogP contribution in [0.2, 0.25) is 0 Å². The van der Waals surface area contributed by atoms with Crippen LogP contribution in [0, 0.1) is 11.8 Å². The van der Waals surface area contributed by atoms with E-state index in [2.05, 4.69) is 11.8 Å². The lowest BCUT2D eigenvalue weighted by atomic mass is 10.2. The van der Waals surface area contributed by atoms with E-state index >= 15 is 0 Å². The lowest BCUT2D eigenvalue weighted by Gasteiger charge is -2.01. The molecule has 0 N–H and O–H groups in total. The minimum atomic E-state index is 0.285. The third kappa shape index (κ3) is 3.32. The van der Waals surface area contributed by atoms with Crippen LogP contribution in [-0.2, 0) is 4.79 Å². The van der Waals surface area contributed by atoms with Crippen LogP contribution >= 0.6 is 0 Å². The summed E-state index contributed by atoms with van der Waals surface area (Å²) in [6.45, 7) is 2.61. The first-order valence-corrected chi connectivity index (χ1v) is 4.52. The van der Waals surface area contributed by atoms with Crippen molar-refractivity contribution in [2.24, 2.45) is 0 Å². The molecule has 0 saturated heterocycles. The van der Waals surface area contributed by atoms with E-state index in [-0.39, 0.29) is 6.42 Å². The van der Waals surface area contributed by atoms with Gasteiger partial charge in [0.25, 0.3) is 0 Å². The van der Waals surface area contributed by atoms with E-state index in [0.717, 1.165) is 17.6 Å². The van der Waals surface area contributed by atoms with Gasteiger partial charge in [-0.3, -0.25) is 0 Å². The van der Waals surface area contributed by atoms with Gasteiger partial charge in [0.05, 0.1) is 13.0 Å². The third-order valence-corrected chi connectivity index (χ3v) is 1.58. The van der Waals surface area contributed by atoms with E-state index < -0.39 is 0 Å². The van der Waals surface area contributed by atoms with Gasteiger partial charge in [-0.2, -0.15) is 0 Å². The molecule has 0 aliphatic heterocycles. The molecule has 1 rings (SSSR count). The average Bonchev–Trinajstić information content (AvgIpc) is 2.21. The molecule has 2 nitrogen and oxygen atoms in total. The monoisotopic (exact) mass is 188 g/mol. The van der Waals surface area contributed by atoms with Crippen LogP contribution in [0.15, 0.2) is 24.3 Å². The van der Waals surface area contributed by atoms with E-state index in [4.69, 9.17) is 4.74 Å². The first-order valence-electron chi connectivity index (χ1n) is 4.52. The number of benzene rings is 1. The van der Waals surface area contributed by atoms with Crippen LogP contribution in [0.5, 0.6) is 5.75 Å². The summed E-state index contributed by atoms with van der Waals surface area (Å²) < 4.78 is 5.28. The second-order valence-electron chi connectivity index (χ2n) is 2.63. The number of carbonyl (C=O) groups excluding carboxylic acids is 1. The molecule has 0 atom stereocenters. The van der Waals surface area contributed by atoms with Crippen molar-refractivity contribution >= 4 is 6.29 Å². The lowest BCUT2D eigenvalue weighted by Crippen LogP contribution is -1.90. The zero-order valence-corrected chi connectivity index (χ0v) is 8.12. The van der Waals surface area contributed by atoms with Gasteiger partial charge in [0.1, 0.15) is 12.0 Å². The molecule has 2 heteroatoms. The maximum absolute atomic E-state index is 10.0. The van der Waals surface area contributed by atoms with Gasteiger partial charge in [0, 0.05) is 5.56 Å². The Kier molecular flexibility index (Phi) is 4.30. The third-order valence-electron chi connectivity index (χ3n) is 1.58. The van der Waals surface area contributed by atoms with Crippen LogP contribution in [0.1, 0.15) is 18.9 Å². The molecular weight excluding hydrogens is 176 g/mol. The Morgan fingerprint density at radius 2 is 2.07 bits per heavy atom. The Bertz CT molecular complexity index is 341. The molecule has 1 aromatic rings. The van der Waals surface area contributed by atoms with Gasteiger partial charge in [-0.25, -0.2) is 0 Å². The van der Waals surface area contributed by atoms with Crippen LogP contribution in [0.3, 0.4) is 0 Å². The molecule has 0 spiro atoms. The Hall–Kier alpha value is -1.75. The van der Waals surface area contributed by atoms with Gasteiger partial charge < -0.3 is 9.53 Å². The minimum Gasteiger partial charge on any atom is -0.494 e. The van der Waals surface area contributed by atoms with Gasteiger partial charge in [-0.1, -0.05) is 11.8 Å². The van der Waals surface area contributed by atoms with Gasteiger partial charge in [0.2, 0.25) is 0 Å². The molecule has 14 heavy (non-hydrogen) atoms. The first kappa shape index (κ1) is 10.3. The van der Waals surface area contributed by atoms with E-state index in [1.165, 1.54) is 0 Å². The summed E-state index contributed by atoms with van der Waals surface area (Å²) in [7, 11) is 0. The highest BCUT2D eigenvalue weighted by molar-refractivity contribution is 5.55. The van der Waals surface area contributed by atoms with Gasteiger partial charge in [-0.15, -0.1) is 0 Å². The molecule has 0 unspecified atom stereocenters. The van der Waals surface area contributed by atoms with Crippen molar-refractivity contribution in [1.29, 1.82) is 0 Å².